The third-order valence-corrected chi connectivity index (χ3v) is 4.08. The van der Waals surface area contributed by atoms with Gasteiger partial charge in [0.2, 0.25) is 0 Å². The zero-order valence-corrected chi connectivity index (χ0v) is 13.4. The topological polar surface area (TPSA) is 39.1 Å². The lowest BCUT2D eigenvalue weighted by Crippen LogP contribution is -2.18. The Balaban J connectivity index is 2.10. The van der Waals surface area contributed by atoms with E-state index in [1.54, 1.807) is 11.3 Å². The summed E-state index contributed by atoms with van der Waals surface area (Å²) in [4.78, 5) is 2.13. The molecule has 0 spiro atoms. The van der Waals surface area contributed by atoms with Crippen LogP contribution in [0, 0.1) is 11.3 Å². The quantitative estimate of drug-likeness (QED) is 0.791. The van der Waals surface area contributed by atoms with Crippen molar-refractivity contribution >= 4 is 17.0 Å². The van der Waals surface area contributed by atoms with Gasteiger partial charge < -0.3 is 10.2 Å². The van der Waals surface area contributed by atoms with E-state index in [0.717, 1.165) is 42.9 Å². The van der Waals surface area contributed by atoms with Gasteiger partial charge >= 0.3 is 0 Å². The standard InChI is InChI=1S/C17H21N3S/c1-3-7-19-11-14-4-5-17(16(9-14)10-18)20(2)12-15-6-8-21-13-15/h4-6,8-9,13,19H,3,7,11-12H2,1-2H3. The van der Waals surface area contributed by atoms with E-state index in [4.69, 9.17) is 0 Å². The maximum Gasteiger partial charge on any atom is 0.101 e. The van der Waals surface area contributed by atoms with Crippen molar-refractivity contribution in [2.24, 2.45) is 0 Å². The maximum atomic E-state index is 9.39. The molecule has 1 aromatic carbocycles. The number of hydrogen-bond donors (Lipinski definition) is 1. The largest absolute Gasteiger partial charge is 0.369 e. The molecule has 2 aromatic rings. The van der Waals surface area contributed by atoms with Crippen LogP contribution in [0.25, 0.3) is 0 Å². The summed E-state index contributed by atoms with van der Waals surface area (Å²) in [5.74, 6) is 0. The lowest BCUT2D eigenvalue weighted by Gasteiger charge is -2.20. The second-order valence-corrected chi connectivity index (χ2v) is 5.91. The Bertz CT molecular complexity index is 599. The summed E-state index contributed by atoms with van der Waals surface area (Å²) >= 11 is 1.70. The lowest BCUT2D eigenvalue weighted by atomic mass is 10.1. The molecule has 0 unspecified atom stereocenters. The van der Waals surface area contributed by atoms with Crippen LogP contribution in [-0.4, -0.2) is 13.6 Å². The number of thiophene rings is 1. The highest BCUT2D eigenvalue weighted by atomic mass is 32.1. The Morgan fingerprint density at radius 3 is 2.81 bits per heavy atom. The number of hydrogen-bond acceptors (Lipinski definition) is 4. The second-order valence-electron chi connectivity index (χ2n) is 5.13. The first-order valence-electron chi connectivity index (χ1n) is 7.20. The number of nitriles is 1. The van der Waals surface area contributed by atoms with Crippen LogP contribution in [0.1, 0.15) is 30.0 Å². The molecule has 0 aliphatic carbocycles. The van der Waals surface area contributed by atoms with Crippen LogP contribution < -0.4 is 10.2 Å². The summed E-state index contributed by atoms with van der Waals surface area (Å²) in [6, 6.07) is 10.6. The van der Waals surface area contributed by atoms with Crippen LogP contribution in [0.5, 0.6) is 0 Å². The van der Waals surface area contributed by atoms with Gasteiger partial charge in [-0.3, -0.25) is 0 Å². The Hall–Kier alpha value is -1.83. The first kappa shape index (κ1) is 15.6. The van der Waals surface area contributed by atoms with Crippen LogP contribution in [0.3, 0.4) is 0 Å². The van der Waals surface area contributed by atoms with E-state index in [1.165, 1.54) is 5.56 Å². The molecule has 4 heteroatoms. The van der Waals surface area contributed by atoms with Gasteiger partial charge in [0.25, 0.3) is 0 Å². The molecule has 0 fully saturated rings. The number of anilines is 1. The van der Waals surface area contributed by atoms with E-state index in [2.05, 4.69) is 46.1 Å². The van der Waals surface area contributed by atoms with Gasteiger partial charge in [0, 0.05) is 20.1 Å². The van der Waals surface area contributed by atoms with Gasteiger partial charge in [0.05, 0.1) is 11.3 Å². The highest BCUT2D eigenvalue weighted by Gasteiger charge is 2.09. The first-order valence-corrected chi connectivity index (χ1v) is 8.14. The predicted molar refractivity (Wildman–Crippen MR) is 89.6 cm³/mol. The number of nitrogens with one attached hydrogen (secondary N) is 1. The Morgan fingerprint density at radius 2 is 2.14 bits per heavy atom. The Morgan fingerprint density at radius 1 is 1.29 bits per heavy atom. The molecule has 110 valence electrons. The van der Waals surface area contributed by atoms with Crippen molar-refractivity contribution in [1.82, 2.24) is 5.32 Å². The van der Waals surface area contributed by atoms with Crippen molar-refractivity contribution < 1.29 is 0 Å². The zero-order valence-electron chi connectivity index (χ0n) is 12.6. The summed E-state index contributed by atoms with van der Waals surface area (Å²) in [6.45, 7) is 4.79. The van der Waals surface area contributed by atoms with Crippen molar-refractivity contribution in [2.75, 3.05) is 18.5 Å². The van der Waals surface area contributed by atoms with Crippen LogP contribution in [0.15, 0.2) is 35.0 Å². The van der Waals surface area contributed by atoms with E-state index < -0.39 is 0 Å². The molecule has 1 heterocycles. The number of rotatable bonds is 7. The van der Waals surface area contributed by atoms with Crippen molar-refractivity contribution in [1.29, 1.82) is 5.26 Å². The maximum absolute atomic E-state index is 9.39. The van der Waals surface area contributed by atoms with E-state index >= 15 is 0 Å². The molecular formula is C17H21N3S. The van der Waals surface area contributed by atoms with Crippen LogP contribution in [0.2, 0.25) is 0 Å². The third-order valence-electron chi connectivity index (χ3n) is 3.35. The van der Waals surface area contributed by atoms with E-state index in [0.29, 0.717) is 0 Å². The second kappa shape index (κ2) is 7.82. The van der Waals surface area contributed by atoms with Crippen molar-refractivity contribution in [3.63, 3.8) is 0 Å². The molecule has 1 aromatic heterocycles. The average molecular weight is 299 g/mol. The monoisotopic (exact) mass is 299 g/mol. The summed E-state index contributed by atoms with van der Waals surface area (Å²) < 4.78 is 0. The third kappa shape index (κ3) is 4.32. The Kier molecular flexibility index (Phi) is 5.79. The minimum Gasteiger partial charge on any atom is -0.369 e. The van der Waals surface area contributed by atoms with Gasteiger partial charge in [-0.05, 0) is 53.1 Å². The lowest BCUT2D eigenvalue weighted by molar-refractivity contribution is 0.675. The molecule has 0 saturated heterocycles. The van der Waals surface area contributed by atoms with Crippen LogP contribution >= 0.6 is 11.3 Å². The highest BCUT2D eigenvalue weighted by Crippen LogP contribution is 2.22. The summed E-state index contributed by atoms with van der Waals surface area (Å²) in [5.41, 5.74) is 4.17. The molecule has 21 heavy (non-hydrogen) atoms. The van der Waals surface area contributed by atoms with Crippen LogP contribution in [0.4, 0.5) is 5.69 Å². The van der Waals surface area contributed by atoms with Crippen molar-refractivity contribution in [3.8, 4) is 6.07 Å². The van der Waals surface area contributed by atoms with Gasteiger partial charge in [-0.2, -0.15) is 16.6 Å². The SMILES string of the molecule is CCCNCc1ccc(N(C)Cc2ccsc2)c(C#N)c1. The fourth-order valence-electron chi connectivity index (χ4n) is 2.27. The normalized spacial score (nSPS) is 10.3. The van der Waals surface area contributed by atoms with Gasteiger partial charge in [0.15, 0.2) is 0 Å². The average Bonchev–Trinajstić information content (AvgIpc) is 3.00. The molecular weight excluding hydrogens is 278 g/mol. The summed E-state index contributed by atoms with van der Waals surface area (Å²) in [5, 5.41) is 17.0. The highest BCUT2D eigenvalue weighted by molar-refractivity contribution is 7.07. The minimum absolute atomic E-state index is 0.739. The molecule has 3 nitrogen and oxygen atoms in total. The number of benzene rings is 1. The van der Waals surface area contributed by atoms with Gasteiger partial charge in [-0.1, -0.05) is 13.0 Å². The molecule has 2 rings (SSSR count). The van der Waals surface area contributed by atoms with E-state index in [-0.39, 0.29) is 0 Å². The van der Waals surface area contributed by atoms with Crippen molar-refractivity contribution in [2.45, 2.75) is 26.4 Å². The fourth-order valence-corrected chi connectivity index (χ4v) is 2.93. The number of nitrogens with zero attached hydrogens (tertiary/aromatic N) is 2. The van der Waals surface area contributed by atoms with Gasteiger partial charge in [-0.15, -0.1) is 0 Å². The molecule has 1 N–H and O–H groups in total. The molecule has 0 saturated carbocycles. The molecule has 0 aliphatic heterocycles. The molecule has 0 atom stereocenters. The minimum atomic E-state index is 0.739. The van der Waals surface area contributed by atoms with Crippen molar-refractivity contribution in [3.05, 3.63) is 51.7 Å². The molecule has 0 radical (unpaired) electrons. The molecule has 0 amide bonds. The predicted octanol–water partition coefficient (Wildman–Crippen LogP) is 3.76. The van der Waals surface area contributed by atoms with Gasteiger partial charge in [-0.25, -0.2) is 0 Å². The summed E-state index contributed by atoms with van der Waals surface area (Å²) in [6.07, 6.45) is 1.12. The molecule has 0 aliphatic rings. The fraction of sp³-hybridized carbons (Fsp3) is 0.353. The zero-order chi connectivity index (χ0) is 15.1. The smallest absolute Gasteiger partial charge is 0.101 e. The Labute approximate surface area is 130 Å². The van der Waals surface area contributed by atoms with Gasteiger partial charge in [0.1, 0.15) is 6.07 Å². The first-order chi connectivity index (χ1) is 10.2. The summed E-state index contributed by atoms with van der Waals surface area (Å²) in [7, 11) is 2.03. The van der Waals surface area contributed by atoms with E-state index in [9.17, 15) is 5.26 Å². The van der Waals surface area contributed by atoms with E-state index in [1.807, 2.05) is 19.2 Å². The van der Waals surface area contributed by atoms with Crippen LogP contribution in [-0.2, 0) is 13.1 Å². The molecule has 0 bridgehead atoms.